The molecule has 0 unspecified atom stereocenters. The summed E-state index contributed by atoms with van der Waals surface area (Å²) in [6.45, 7) is 3.94. The molecule has 4 nitrogen and oxygen atoms in total. The van der Waals surface area contributed by atoms with Crippen LogP contribution in [0.25, 0.3) is 39.5 Å². The number of hydrogen-bond acceptors (Lipinski definition) is 4. The highest BCUT2D eigenvalue weighted by Gasteiger charge is 2.23. The van der Waals surface area contributed by atoms with Crippen molar-refractivity contribution in [3.8, 4) is 33.4 Å². The summed E-state index contributed by atoms with van der Waals surface area (Å²) in [5.41, 5.74) is 25.7. The van der Waals surface area contributed by atoms with Crippen molar-refractivity contribution in [3.63, 3.8) is 0 Å². The van der Waals surface area contributed by atoms with Crippen LogP contribution >= 0.6 is 0 Å². The lowest BCUT2D eigenvalue weighted by Gasteiger charge is -2.31. The first-order valence-electron chi connectivity index (χ1n) is 30.4. The monoisotopic (exact) mass is 1090 g/mol. The molecule has 13 rings (SSSR count). The lowest BCUT2D eigenvalue weighted by molar-refractivity contribution is 0.812. The molecule has 8 aromatic rings. The molecule has 84 heavy (non-hydrogen) atoms. The van der Waals surface area contributed by atoms with E-state index in [0.717, 1.165) is 105 Å². The number of fused-ring (bicyclic) bond motifs is 1. The lowest BCUT2D eigenvalue weighted by atomic mass is 9.87. The zero-order valence-electron chi connectivity index (χ0n) is 48.0. The summed E-state index contributed by atoms with van der Waals surface area (Å²) in [6, 6.07) is 71.8. The quantitative estimate of drug-likeness (QED) is 0.0627. The minimum atomic E-state index is 0.965. The zero-order chi connectivity index (χ0) is 56.4. The van der Waals surface area contributed by atoms with Crippen LogP contribution in [-0.2, 0) is 6.42 Å². The Labute approximate surface area is 498 Å². The number of unbranched alkanes of at least 4 members (excludes halogenated alkanes) is 1. The van der Waals surface area contributed by atoms with Crippen molar-refractivity contribution in [2.45, 2.75) is 77.0 Å². The maximum Gasteiger partial charge on any atom is 0.0536 e. The molecule has 0 N–H and O–H groups in total. The van der Waals surface area contributed by atoms with Gasteiger partial charge in [-0.2, -0.15) is 0 Å². The molecule has 412 valence electrons. The van der Waals surface area contributed by atoms with Crippen molar-refractivity contribution in [2.24, 2.45) is 0 Å². The number of anilines is 8. The second-order valence-electron chi connectivity index (χ2n) is 22.3. The Morgan fingerprint density at radius 1 is 0.357 bits per heavy atom. The van der Waals surface area contributed by atoms with E-state index in [2.05, 4.69) is 299 Å². The summed E-state index contributed by atoms with van der Waals surface area (Å²) in [6.07, 6.45) is 45.0. The van der Waals surface area contributed by atoms with Gasteiger partial charge in [-0.1, -0.05) is 176 Å². The summed E-state index contributed by atoms with van der Waals surface area (Å²) in [5.74, 6) is 0. The van der Waals surface area contributed by atoms with Gasteiger partial charge in [-0.15, -0.1) is 6.58 Å². The molecule has 0 heterocycles. The van der Waals surface area contributed by atoms with E-state index in [1.165, 1.54) is 84.2 Å². The Kier molecular flexibility index (Phi) is 16.1. The number of benzene rings is 8. The Morgan fingerprint density at radius 3 is 1.36 bits per heavy atom. The predicted octanol–water partition coefficient (Wildman–Crippen LogP) is 22.5. The first-order chi connectivity index (χ1) is 41.6. The summed E-state index contributed by atoms with van der Waals surface area (Å²) < 4.78 is 0. The van der Waals surface area contributed by atoms with Crippen molar-refractivity contribution in [2.75, 3.05) is 19.6 Å². The SMILES string of the molecule is C=CCC/C=C/N(C1=CCCC2=C1C=CCC2)c1ccc(-c2ccc(N(c3ccccc3)c3ccc(-c4ccc(N(C5=CCCC=C5)c5ccc(-c6ccc(N(C7=CCCC=C7)c7cccc8c7C=CCC8)cc6)cc5)cc4)cc3)cc2)cc1. The van der Waals surface area contributed by atoms with Gasteiger partial charge < -0.3 is 19.6 Å². The molecule has 0 aliphatic heterocycles. The van der Waals surface area contributed by atoms with E-state index in [1.807, 2.05) is 6.08 Å². The van der Waals surface area contributed by atoms with Crippen LogP contribution in [0.5, 0.6) is 0 Å². The molecule has 0 saturated heterocycles. The van der Waals surface area contributed by atoms with Gasteiger partial charge in [0.05, 0.1) is 5.69 Å². The minimum Gasteiger partial charge on any atom is -0.317 e. The van der Waals surface area contributed by atoms with Gasteiger partial charge in [0.15, 0.2) is 0 Å². The van der Waals surface area contributed by atoms with Gasteiger partial charge in [0.1, 0.15) is 0 Å². The van der Waals surface area contributed by atoms with Gasteiger partial charge >= 0.3 is 0 Å². The number of nitrogens with zero attached hydrogens (tertiary/aromatic N) is 4. The maximum absolute atomic E-state index is 3.94. The van der Waals surface area contributed by atoms with Gasteiger partial charge in [0, 0.05) is 68.7 Å². The first kappa shape index (κ1) is 53.7. The molecule has 0 radical (unpaired) electrons. The van der Waals surface area contributed by atoms with E-state index < -0.39 is 0 Å². The van der Waals surface area contributed by atoms with E-state index in [-0.39, 0.29) is 0 Å². The molecule has 0 atom stereocenters. The molecule has 0 spiro atoms. The fourth-order valence-electron chi connectivity index (χ4n) is 12.6. The topological polar surface area (TPSA) is 13.0 Å². The summed E-state index contributed by atoms with van der Waals surface area (Å²) in [4.78, 5) is 9.56. The first-order valence-corrected chi connectivity index (χ1v) is 30.4. The number of allylic oxidation sites excluding steroid dienone is 13. The summed E-state index contributed by atoms with van der Waals surface area (Å²) in [5, 5.41) is 0. The maximum atomic E-state index is 3.94. The molecule has 0 bridgehead atoms. The molecular formula is C80H72N4. The Bertz CT molecular complexity index is 3920. The normalized spacial score (nSPS) is 15.2. The number of rotatable bonds is 18. The molecule has 0 saturated carbocycles. The van der Waals surface area contributed by atoms with E-state index in [9.17, 15) is 0 Å². The lowest BCUT2D eigenvalue weighted by Crippen LogP contribution is -2.20. The second kappa shape index (κ2) is 25.2. The van der Waals surface area contributed by atoms with E-state index in [0.29, 0.717) is 0 Å². The van der Waals surface area contributed by atoms with Gasteiger partial charge in [-0.25, -0.2) is 0 Å². The van der Waals surface area contributed by atoms with Crippen LogP contribution in [0.1, 0.15) is 81.8 Å². The fraction of sp³-hybridized carbons (Fsp3) is 0.150. The van der Waals surface area contributed by atoms with Crippen LogP contribution in [0.3, 0.4) is 0 Å². The van der Waals surface area contributed by atoms with Crippen LogP contribution in [0, 0.1) is 0 Å². The number of hydrogen-bond donors (Lipinski definition) is 0. The molecule has 4 heteroatoms. The fourth-order valence-corrected chi connectivity index (χ4v) is 12.6. The molecule has 0 aromatic heterocycles. The van der Waals surface area contributed by atoms with Gasteiger partial charge in [0.25, 0.3) is 0 Å². The number of para-hydroxylation sites is 1. The van der Waals surface area contributed by atoms with Crippen molar-refractivity contribution in [3.05, 3.63) is 319 Å². The second-order valence-corrected chi connectivity index (χ2v) is 22.3. The third kappa shape index (κ3) is 11.6. The summed E-state index contributed by atoms with van der Waals surface area (Å²) >= 11 is 0. The number of aryl methyl sites for hydroxylation is 1. The Balaban J connectivity index is 0.723. The van der Waals surface area contributed by atoms with Crippen molar-refractivity contribution < 1.29 is 0 Å². The van der Waals surface area contributed by atoms with Crippen LogP contribution in [-0.4, -0.2) is 0 Å². The largest absolute Gasteiger partial charge is 0.317 e. The van der Waals surface area contributed by atoms with Crippen LogP contribution in [0.4, 0.5) is 45.5 Å². The highest BCUT2D eigenvalue weighted by molar-refractivity contribution is 5.84. The van der Waals surface area contributed by atoms with E-state index in [1.54, 1.807) is 5.57 Å². The smallest absolute Gasteiger partial charge is 0.0536 e. The standard InChI is InChI=1S/C80H72N4/c1-2-3-4-18-59-81(79-33-19-23-66-21-14-16-31-77(66)79)68-47-35-60(36-48-68)61-37-49-72(50-38-61)82(69-25-8-5-9-26-69)73-51-39-62(40-52-73)63-41-53-74(54-42-63)83(70-27-10-6-11-28-70)75-55-43-64(44-56-75)65-45-57-76(58-46-65)84(71-29-12-7-13-30-71)80-34-20-24-67-22-15-17-32-78(67)80/h2,5,8-10,12,16-18,20,24-59H,1,3-4,6-7,11,13-15,19,21-23H2/b59-18+. The van der Waals surface area contributed by atoms with Gasteiger partial charge in [-0.3, -0.25) is 0 Å². The molecule has 8 aromatic carbocycles. The average Bonchev–Trinajstić information content (AvgIpc) is 3.70. The van der Waals surface area contributed by atoms with Crippen molar-refractivity contribution in [1.82, 2.24) is 0 Å². The summed E-state index contributed by atoms with van der Waals surface area (Å²) in [7, 11) is 0. The van der Waals surface area contributed by atoms with Crippen LogP contribution < -0.4 is 19.6 Å². The molecular weight excluding hydrogens is 1020 g/mol. The molecule has 0 amide bonds. The van der Waals surface area contributed by atoms with Crippen molar-refractivity contribution >= 4 is 51.6 Å². The third-order valence-electron chi connectivity index (χ3n) is 16.9. The Hall–Kier alpha value is -9.64. The molecule has 5 aliphatic carbocycles. The van der Waals surface area contributed by atoms with Gasteiger partial charge in [0.2, 0.25) is 0 Å². The Morgan fingerprint density at radius 2 is 0.821 bits per heavy atom. The van der Waals surface area contributed by atoms with Crippen LogP contribution in [0.2, 0.25) is 0 Å². The van der Waals surface area contributed by atoms with Gasteiger partial charge in [-0.05, 0) is 225 Å². The predicted molar refractivity (Wildman–Crippen MR) is 359 cm³/mol. The highest BCUT2D eigenvalue weighted by atomic mass is 15.2. The van der Waals surface area contributed by atoms with Crippen molar-refractivity contribution in [1.29, 1.82) is 0 Å². The highest BCUT2D eigenvalue weighted by Crippen LogP contribution is 2.43. The van der Waals surface area contributed by atoms with E-state index in [4.69, 9.17) is 0 Å². The van der Waals surface area contributed by atoms with E-state index >= 15 is 0 Å². The molecule has 5 aliphatic rings. The molecule has 0 fully saturated rings. The minimum absolute atomic E-state index is 0.965. The third-order valence-corrected chi connectivity index (χ3v) is 16.9. The zero-order valence-corrected chi connectivity index (χ0v) is 48.0. The van der Waals surface area contributed by atoms with Crippen LogP contribution in [0.15, 0.2) is 308 Å². The average molecular weight is 1090 g/mol.